The molecule has 0 bridgehead atoms. The van der Waals surface area contributed by atoms with Crippen molar-refractivity contribution in [1.29, 1.82) is 0 Å². The molecule has 4 heterocycles. The van der Waals surface area contributed by atoms with Gasteiger partial charge in [0, 0.05) is 42.9 Å². The van der Waals surface area contributed by atoms with Gasteiger partial charge in [0.25, 0.3) is 0 Å². The molecule has 307 valence electrons. The zero-order chi connectivity index (χ0) is 41.7. The molecule has 0 aliphatic rings. The minimum Gasteiger partial charge on any atom is -0.501 e. The van der Waals surface area contributed by atoms with Crippen molar-refractivity contribution < 1.29 is 42.1 Å². The number of hydrogen-bond acceptors (Lipinski definition) is 4. The Kier molecular flexibility index (Phi) is 11.3. The summed E-state index contributed by atoms with van der Waals surface area (Å²) in [5.41, 5.74) is 9.54. The average Bonchev–Trinajstić information content (AvgIpc) is 3.94. The molecule has 0 unspecified atom stereocenters. The van der Waals surface area contributed by atoms with Gasteiger partial charge in [0.1, 0.15) is 11.3 Å². The predicted octanol–water partition coefficient (Wildman–Crippen LogP) is 14.9. The van der Waals surface area contributed by atoms with Crippen LogP contribution in [0.2, 0.25) is 0 Å². The zero-order valence-electron chi connectivity index (χ0n) is 34.1. The van der Waals surface area contributed by atoms with Crippen LogP contribution in [-0.2, 0) is 26.3 Å². The molecule has 0 spiro atoms. The average molecular weight is 988 g/mol. The van der Waals surface area contributed by atoms with E-state index in [1.165, 1.54) is 6.07 Å². The Balaban J connectivity index is 0.000000340. The third-order valence-electron chi connectivity index (χ3n) is 10.9. The number of benzene rings is 6. The van der Waals surface area contributed by atoms with Crippen molar-refractivity contribution in [3.8, 4) is 39.7 Å². The third kappa shape index (κ3) is 7.58. The maximum absolute atomic E-state index is 13.9. The van der Waals surface area contributed by atoms with Crippen LogP contribution in [0.25, 0.3) is 83.6 Å². The molecule has 10 rings (SSSR count). The molecule has 0 aliphatic heterocycles. The minimum atomic E-state index is -4.52. The van der Waals surface area contributed by atoms with Gasteiger partial charge in [0.05, 0.1) is 33.6 Å². The number of fused-ring (bicyclic) bond motifs is 6. The number of pyridine rings is 1. The summed E-state index contributed by atoms with van der Waals surface area (Å²) in [4.78, 5) is 9.40. The summed E-state index contributed by atoms with van der Waals surface area (Å²) in [6, 6.07) is 48.1. The number of halogens is 3. The van der Waals surface area contributed by atoms with Crippen LogP contribution in [0.3, 0.4) is 0 Å². The monoisotopic (exact) mass is 988 g/mol. The van der Waals surface area contributed by atoms with E-state index in [2.05, 4.69) is 67.6 Å². The van der Waals surface area contributed by atoms with Crippen molar-refractivity contribution in [3.05, 3.63) is 174 Å². The fourth-order valence-electron chi connectivity index (χ4n) is 8.06. The molecule has 0 saturated heterocycles. The van der Waals surface area contributed by atoms with Crippen LogP contribution >= 0.6 is 0 Å². The first-order valence-corrected chi connectivity index (χ1v) is 20.0. The molecule has 6 aromatic carbocycles. The van der Waals surface area contributed by atoms with Crippen LogP contribution in [0.15, 0.2) is 148 Å². The number of nitrogens with zero attached hydrogens (tertiary/aromatic N) is 3. The van der Waals surface area contributed by atoms with Gasteiger partial charge in [-0.3, -0.25) is 4.98 Å². The van der Waals surface area contributed by atoms with Crippen molar-refractivity contribution in [1.82, 2.24) is 14.5 Å². The van der Waals surface area contributed by atoms with E-state index in [-0.39, 0.29) is 37.5 Å². The molecule has 1 radical (unpaired) electrons. The summed E-state index contributed by atoms with van der Waals surface area (Å²) in [5, 5.41) is 1.99. The summed E-state index contributed by atoms with van der Waals surface area (Å²) < 4.78 is 57.0. The number of aryl methyl sites for hydroxylation is 1. The number of imidazole rings is 1. The smallest absolute Gasteiger partial charge is 0.416 e. The van der Waals surface area contributed by atoms with Crippen LogP contribution in [-0.4, -0.2) is 14.5 Å². The molecule has 5 nitrogen and oxygen atoms in total. The molecule has 0 atom stereocenters. The van der Waals surface area contributed by atoms with E-state index < -0.39 is 11.7 Å². The largest absolute Gasteiger partial charge is 0.501 e. The second-order valence-electron chi connectivity index (χ2n) is 15.5. The van der Waals surface area contributed by atoms with Crippen molar-refractivity contribution in [3.63, 3.8) is 0 Å². The molecule has 10 aromatic rings. The van der Waals surface area contributed by atoms with E-state index in [9.17, 15) is 13.2 Å². The van der Waals surface area contributed by atoms with E-state index in [0.29, 0.717) is 39.1 Å². The fraction of sp³-hybridized carbons (Fsp3) is 0.154. The number of furan rings is 2. The Morgan fingerprint density at radius 3 is 2.10 bits per heavy atom. The van der Waals surface area contributed by atoms with Gasteiger partial charge in [-0.1, -0.05) is 118 Å². The summed E-state index contributed by atoms with van der Waals surface area (Å²) in [5.74, 6) is 1.64. The Morgan fingerprint density at radius 2 is 1.43 bits per heavy atom. The van der Waals surface area contributed by atoms with Crippen molar-refractivity contribution in [2.24, 2.45) is 0 Å². The predicted molar refractivity (Wildman–Crippen MR) is 234 cm³/mol. The number of para-hydroxylation sites is 3. The second kappa shape index (κ2) is 16.6. The first-order valence-electron chi connectivity index (χ1n) is 20.0. The Hall–Kier alpha value is -6.28. The van der Waals surface area contributed by atoms with Gasteiger partial charge in [-0.15, -0.1) is 35.9 Å². The first kappa shape index (κ1) is 41.5. The quantitative estimate of drug-likeness (QED) is 0.156. The second-order valence-corrected chi connectivity index (χ2v) is 15.5. The van der Waals surface area contributed by atoms with Crippen molar-refractivity contribution in [2.45, 2.75) is 52.6 Å². The molecule has 0 N–H and O–H groups in total. The Labute approximate surface area is 365 Å². The van der Waals surface area contributed by atoms with Gasteiger partial charge >= 0.3 is 6.18 Å². The van der Waals surface area contributed by atoms with E-state index in [4.69, 9.17) is 13.8 Å². The SMILES string of the molecule is Cc1c(-c2ccccc2)oc2[c-]c(-c3nc4ccccc4n3-c3c(C(C)C)cccc3C(C)C)c3oc4cc(C(F)(F)F)ccc4c3c12.[Ir].[c-]1ccccc1-c1ccccn1. The van der Waals surface area contributed by atoms with Crippen LogP contribution in [0, 0.1) is 19.1 Å². The summed E-state index contributed by atoms with van der Waals surface area (Å²) in [7, 11) is 0. The topological polar surface area (TPSA) is 57.0 Å². The Bertz CT molecular complexity index is 3090. The van der Waals surface area contributed by atoms with E-state index in [1.807, 2.05) is 104 Å². The number of alkyl halides is 3. The number of hydrogen-bond donors (Lipinski definition) is 0. The molecule has 9 heteroatoms. The van der Waals surface area contributed by atoms with Gasteiger partial charge in [0.2, 0.25) is 0 Å². The molecule has 61 heavy (non-hydrogen) atoms. The van der Waals surface area contributed by atoms with E-state index in [0.717, 1.165) is 67.8 Å². The maximum atomic E-state index is 13.9. The standard InChI is InChI=1S/C41H32F3N2O2.C11H8N.Ir/c1-22(2)27-14-11-15-28(23(3)4)37(27)46-32-17-10-9-16-31(32)45-40(46)30-21-34-35(24(5)38(48-34)25-12-7-6-8-13-25)36-29-19-18-26(41(42,43)44)20-33(29)47-39(30)36;1-2-6-10(7-3-1)11-8-4-5-9-12-11;/h6-20,22-23H,1-5H3;1-6,8-9H;/q2*-1;. The Morgan fingerprint density at radius 1 is 0.721 bits per heavy atom. The molecule has 4 aromatic heterocycles. The molecule has 0 fully saturated rings. The van der Waals surface area contributed by atoms with Crippen LogP contribution in [0.1, 0.15) is 61.8 Å². The van der Waals surface area contributed by atoms with Crippen molar-refractivity contribution >= 4 is 43.9 Å². The third-order valence-corrected chi connectivity index (χ3v) is 10.9. The van der Waals surface area contributed by atoms with Crippen LogP contribution in [0.5, 0.6) is 0 Å². The fourth-order valence-corrected chi connectivity index (χ4v) is 8.06. The maximum Gasteiger partial charge on any atom is 0.416 e. The van der Waals surface area contributed by atoms with E-state index in [1.54, 1.807) is 6.20 Å². The minimum absolute atomic E-state index is 0. The summed E-state index contributed by atoms with van der Waals surface area (Å²) in [6.07, 6.45) is -2.73. The normalized spacial score (nSPS) is 11.8. The van der Waals surface area contributed by atoms with E-state index >= 15 is 0 Å². The van der Waals surface area contributed by atoms with Gasteiger partial charge in [-0.2, -0.15) is 13.2 Å². The molecule has 0 saturated carbocycles. The van der Waals surface area contributed by atoms with Gasteiger partial charge < -0.3 is 18.4 Å². The molecular weight excluding hydrogens is 948 g/mol. The van der Waals surface area contributed by atoms with Crippen LogP contribution in [0.4, 0.5) is 13.2 Å². The van der Waals surface area contributed by atoms with Gasteiger partial charge in [-0.05, 0) is 82.2 Å². The molecule has 0 amide bonds. The van der Waals surface area contributed by atoms with Crippen molar-refractivity contribution in [2.75, 3.05) is 0 Å². The van der Waals surface area contributed by atoms with Crippen LogP contribution < -0.4 is 0 Å². The first-order chi connectivity index (χ1) is 29.0. The summed E-state index contributed by atoms with van der Waals surface area (Å²) in [6.45, 7) is 10.7. The molecule has 0 aliphatic carbocycles. The molecular formula is C52H40F3IrN3O2-2. The van der Waals surface area contributed by atoms with Gasteiger partial charge in [0.15, 0.2) is 0 Å². The number of aromatic nitrogens is 3. The number of rotatable bonds is 6. The summed E-state index contributed by atoms with van der Waals surface area (Å²) >= 11 is 0. The van der Waals surface area contributed by atoms with Gasteiger partial charge in [-0.25, -0.2) is 0 Å². The zero-order valence-corrected chi connectivity index (χ0v) is 36.5.